The number of amides is 1. The van der Waals surface area contributed by atoms with Crippen molar-refractivity contribution in [2.45, 2.75) is 25.4 Å². The summed E-state index contributed by atoms with van der Waals surface area (Å²) in [5.74, 6) is 0.773. The summed E-state index contributed by atoms with van der Waals surface area (Å²) in [6, 6.07) is 13.0. The Bertz CT molecular complexity index is 1130. The molecular weight excluding hydrogens is 396 g/mol. The number of piperidine rings is 1. The molecule has 0 saturated carbocycles. The van der Waals surface area contributed by atoms with Crippen molar-refractivity contribution in [2.75, 3.05) is 32.1 Å². The highest BCUT2D eigenvalue weighted by Crippen LogP contribution is 2.25. The molecule has 0 radical (unpaired) electrons. The average molecular weight is 422 g/mol. The number of ether oxygens (including phenoxy) is 1. The molecule has 1 aromatic carbocycles. The number of anilines is 1. The summed E-state index contributed by atoms with van der Waals surface area (Å²) in [5.41, 5.74) is 3.41. The van der Waals surface area contributed by atoms with Crippen LogP contribution in [0.4, 0.5) is 10.5 Å². The molecule has 0 aliphatic carbocycles. The minimum atomic E-state index is -0.895. The van der Waals surface area contributed by atoms with Crippen LogP contribution >= 0.6 is 0 Å². The first-order valence-corrected chi connectivity index (χ1v) is 10.3. The topological polar surface area (TPSA) is 87.9 Å². The predicted molar refractivity (Wildman–Crippen MR) is 119 cm³/mol. The molecule has 1 aliphatic heterocycles. The summed E-state index contributed by atoms with van der Waals surface area (Å²) in [4.78, 5) is 32.1. The quantitative estimate of drug-likeness (QED) is 0.680. The number of aromatic nitrogens is 2. The molecule has 2 aromatic heterocycles. The fourth-order valence-corrected chi connectivity index (χ4v) is 4.07. The van der Waals surface area contributed by atoms with Gasteiger partial charge >= 0.3 is 6.09 Å². The van der Waals surface area contributed by atoms with Crippen LogP contribution in [0.1, 0.15) is 18.4 Å². The van der Waals surface area contributed by atoms with E-state index in [2.05, 4.69) is 9.88 Å². The van der Waals surface area contributed by atoms with Crippen LogP contribution in [-0.2, 0) is 6.54 Å². The van der Waals surface area contributed by atoms with Gasteiger partial charge in [-0.1, -0.05) is 12.1 Å². The number of pyridine rings is 2. The number of methoxy groups -OCH3 is 1. The molecule has 1 saturated heterocycles. The Hall–Kier alpha value is -3.55. The van der Waals surface area contributed by atoms with Gasteiger partial charge in [0.2, 0.25) is 0 Å². The van der Waals surface area contributed by atoms with Gasteiger partial charge < -0.3 is 24.2 Å². The monoisotopic (exact) mass is 422 g/mol. The lowest BCUT2D eigenvalue weighted by atomic mass is 10.0. The van der Waals surface area contributed by atoms with E-state index in [1.54, 1.807) is 30.9 Å². The van der Waals surface area contributed by atoms with E-state index in [-0.39, 0.29) is 11.6 Å². The summed E-state index contributed by atoms with van der Waals surface area (Å²) in [6.45, 7) is 1.92. The Morgan fingerprint density at radius 3 is 2.55 bits per heavy atom. The summed E-state index contributed by atoms with van der Waals surface area (Å²) < 4.78 is 6.95. The first-order valence-electron chi connectivity index (χ1n) is 10.3. The average Bonchev–Trinajstić information content (AvgIpc) is 2.80. The normalized spacial score (nSPS) is 14.6. The zero-order valence-corrected chi connectivity index (χ0v) is 17.7. The van der Waals surface area contributed by atoms with Crippen LogP contribution in [-0.4, -0.2) is 58.9 Å². The van der Waals surface area contributed by atoms with Gasteiger partial charge in [-0.05, 0) is 42.7 Å². The molecule has 1 fully saturated rings. The number of rotatable bonds is 5. The highest BCUT2D eigenvalue weighted by atomic mass is 16.5. The molecule has 4 rings (SSSR count). The lowest BCUT2D eigenvalue weighted by Gasteiger charge is -2.36. The minimum absolute atomic E-state index is 0.0235. The van der Waals surface area contributed by atoms with Gasteiger partial charge in [0, 0.05) is 32.2 Å². The molecule has 0 unspecified atom stereocenters. The Morgan fingerprint density at radius 1 is 1.19 bits per heavy atom. The van der Waals surface area contributed by atoms with Crippen molar-refractivity contribution in [1.29, 1.82) is 0 Å². The molecule has 8 heteroatoms. The third kappa shape index (κ3) is 4.33. The van der Waals surface area contributed by atoms with Gasteiger partial charge in [0.15, 0.2) is 0 Å². The van der Waals surface area contributed by atoms with Crippen molar-refractivity contribution < 1.29 is 14.6 Å². The number of hydrogen-bond donors (Lipinski definition) is 1. The maximum Gasteiger partial charge on any atom is 0.407 e. The van der Waals surface area contributed by atoms with E-state index >= 15 is 0 Å². The molecule has 0 spiro atoms. The first-order chi connectivity index (χ1) is 15.0. The van der Waals surface area contributed by atoms with E-state index in [4.69, 9.17) is 4.74 Å². The number of nitrogens with zero attached hydrogens (tertiary/aromatic N) is 4. The summed E-state index contributed by atoms with van der Waals surface area (Å²) in [7, 11) is 3.25. The highest BCUT2D eigenvalue weighted by Gasteiger charge is 2.25. The SMILES string of the molecule is COc1ccc(Cn2c(=O)ccc3ncc(N4CCC(N(C)C(=O)O)CC4)cc32)cc1. The second-order valence-electron chi connectivity index (χ2n) is 7.82. The van der Waals surface area contributed by atoms with Crippen molar-refractivity contribution >= 4 is 22.8 Å². The number of hydrogen-bond acceptors (Lipinski definition) is 5. The van der Waals surface area contributed by atoms with Crippen LogP contribution in [0.2, 0.25) is 0 Å². The number of carbonyl (C=O) groups is 1. The molecule has 31 heavy (non-hydrogen) atoms. The van der Waals surface area contributed by atoms with Crippen LogP contribution in [0.5, 0.6) is 5.75 Å². The second-order valence-corrected chi connectivity index (χ2v) is 7.82. The molecule has 1 N–H and O–H groups in total. The van der Waals surface area contributed by atoms with Crippen LogP contribution < -0.4 is 15.2 Å². The van der Waals surface area contributed by atoms with E-state index in [1.165, 1.54) is 4.90 Å². The van der Waals surface area contributed by atoms with Gasteiger partial charge in [-0.25, -0.2) is 4.79 Å². The lowest BCUT2D eigenvalue weighted by molar-refractivity contribution is 0.131. The van der Waals surface area contributed by atoms with Gasteiger partial charge in [0.05, 0.1) is 36.6 Å². The van der Waals surface area contributed by atoms with Gasteiger partial charge in [0.1, 0.15) is 5.75 Å². The lowest BCUT2D eigenvalue weighted by Crippen LogP contribution is -2.45. The van der Waals surface area contributed by atoms with Gasteiger partial charge in [-0.15, -0.1) is 0 Å². The first kappa shape index (κ1) is 20.7. The third-order valence-corrected chi connectivity index (χ3v) is 6.00. The van der Waals surface area contributed by atoms with Crippen LogP contribution in [0.15, 0.2) is 53.5 Å². The number of benzene rings is 1. The van der Waals surface area contributed by atoms with E-state index in [9.17, 15) is 14.7 Å². The highest BCUT2D eigenvalue weighted by molar-refractivity contribution is 5.78. The molecule has 1 aliphatic rings. The fraction of sp³-hybridized carbons (Fsp3) is 0.348. The molecular formula is C23H26N4O4. The predicted octanol–water partition coefficient (Wildman–Crippen LogP) is 3.03. The van der Waals surface area contributed by atoms with Crippen molar-refractivity contribution in [3.63, 3.8) is 0 Å². The number of fused-ring (bicyclic) bond motifs is 1. The van der Waals surface area contributed by atoms with Crippen LogP contribution in [0.3, 0.4) is 0 Å². The maximum atomic E-state index is 12.7. The van der Waals surface area contributed by atoms with Crippen molar-refractivity contribution in [3.8, 4) is 5.75 Å². The Morgan fingerprint density at radius 2 is 1.90 bits per heavy atom. The zero-order chi connectivity index (χ0) is 22.0. The van der Waals surface area contributed by atoms with Crippen molar-refractivity contribution in [1.82, 2.24) is 14.5 Å². The van der Waals surface area contributed by atoms with E-state index in [0.29, 0.717) is 6.54 Å². The van der Waals surface area contributed by atoms with Crippen LogP contribution in [0, 0.1) is 0 Å². The van der Waals surface area contributed by atoms with Gasteiger partial charge in [-0.3, -0.25) is 9.78 Å². The van der Waals surface area contributed by atoms with Crippen molar-refractivity contribution in [2.24, 2.45) is 0 Å². The van der Waals surface area contributed by atoms with Crippen LogP contribution in [0.25, 0.3) is 11.0 Å². The Labute approximate surface area is 180 Å². The molecule has 3 aromatic rings. The summed E-state index contributed by atoms with van der Waals surface area (Å²) >= 11 is 0. The molecule has 3 heterocycles. The van der Waals surface area contributed by atoms with E-state index in [0.717, 1.165) is 54.0 Å². The van der Waals surface area contributed by atoms with Gasteiger partial charge in [0.25, 0.3) is 5.56 Å². The smallest absolute Gasteiger partial charge is 0.407 e. The van der Waals surface area contributed by atoms with E-state index < -0.39 is 6.09 Å². The molecule has 162 valence electrons. The summed E-state index contributed by atoms with van der Waals surface area (Å²) in [6.07, 6.45) is 2.45. The largest absolute Gasteiger partial charge is 0.497 e. The summed E-state index contributed by atoms with van der Waals surface area (Å²) in [5, 5.41) is 9.21. The van der Waals surface area contributed by atoms with Gasteiger partial charge in [-0.2, -0.15) is 0 Å². The third-order valence-electron chi connectivity index (χ3n) is 6.00. The fourth-order valence-electron chi connectivity index (χ4n) is 4.07. The standard InChI is InChI=1S/C23H26N4O4/c1-25(23(29)30)17-9-11-26(12-10-17)18-13-21-20(24-14-18)7-8-22(28)27(21)15-16-3-5-19(31-2)6-4-16/h3-8,13-14,17H,9-12,15H2,1-2H3,(H,29,30). The number of carboxylic acid groups (broad SMARTS) is 1. The Kier molecular flexibility index (Phi) is 5.79. The molecule has 1 amide bonds. The molecule has 0 atom stereocenters. The Balaban J connectivity index is 1.60. The maximum absolute atomic E-state index is 12.7. The second kappa shape index (κ2) is 8.67. The molecule has 8 nitrogen and oxygen atoms in total. The molecule has 0 bridgehead atoms. The van der Waals surface area contributed by atoms with E-state index in [1.807, 2.05) is 36.5 Å². The van der Waals surface area contributed by atoms with Crippen molar-refractivity contribution in [3.05, 3.63) is 64.6 Å². The zero-order valence-electron chi connectivity index (χ0n) is 17.7. The minimum Gasteiger partial charge on any atom is -0.497 e.